The molecular formula is C16H24N2O2. The van der Waals surface area contributed by atoms with Crippen molar-refractivity contribution in [2.24, 2.45) is 5.73 Å². The van der Waals surface area contributed by atoms with Crippen LogP contribution in [-0.2, 0) is 4.79 Å². The summed E-state index contributed by atoms with van der Waals surface area (Å²) in [5.74, 6) is 0.829. The van der Waals surface area contributed by atoms with E-state index in [1.54, 1.807) is 0 Å². The highest BCUT2D eigenvalue weighted by Crippen LogP contribution is 2.30. The summed E-state index contributed by atoms with van der Waals surface area (Å²) in [5.41, 5.74) is 7.77. The first-order valence-electron chi connectivity index (χ1n) is 7.34. The van der Waals surface area contributed by atoms with Crippen molar-refractivity contribution in [2.45, 2.75) is 51.5 Å². The molecule has 0 saturated heterocycles. The second kappa shape index (κ2) is 6.27. The number of aryl methyl sites for hydroxylation is 1. The number of hydrogen-bond acceptors (Lipinski definition) is 3. The van der Waals surface area contributed by atoms with Gasteiger partial charge in [-0.2, -0.15) is 0 Å². The molecule has 4 nitrogen and oxygen atoms in total. The van der Waals surface area contributed by atoms with Crippen molar-refractivity contribution in [1.82, 2.24) is 0 Å². The van der Waals surface area contributed by atoms with Gasteiger partial charge in [-0.05, 0) is 50.5 Å². The Morgan fingerprint density at radius 1 is 1.40 bits per heavy atom. The topological polar surface area (TPSA) is 64.3 Å². The number of carbonyl (C=O) groups excluding carboxylic acids is 1. The average molecular weight is 276 g/mol. The van der Waals surface area contributed by atoms with E-state index in [0.717, 1.165) is 42.7 Å². The second-order valence-electron chi connectivity index (χ2n) is 5.70. The number of rotatable bonds is 5. The summed E-state index contributed by atoms with van der Waals surface area (Å²) in [6, 6.07) is 5.70. The van der Waals surface area contributed by atoms with Crippen LogP contribution in [-0.4, -0.2) is 18.1 Å². The van der Waals surface area contributed by atoms with Crippen molar-refractivity contribution in [3.63, 3.8) is 0 Å². The molecule has 0 unspecified atom stereocenters. The third-order valence-corrected chi connectivity index (χ3v) is 3.89. The van der Waals surface area contributed by atoms with Gasteiger partial charge in [-0.1, -0.05) is 12.8 Å². The number of carbonyl (C=O) groups is 1. The third kappa shape index (κ3) is 3.73. The molecule has 1 fully saturated rings. The highest BCUT2D eigenvalue weighted by Gasteiger charge is 2.31. The lowest BCUT2D eigenvalue weighted by Gasteiger charge is -2.22. The lowest BCUT2D eigenvalue weighted by molar-refractivity contribution is -0.117. The lowest BCUT2D eigenvalue weighted by Crippen LogP contribution is -2.40. The van der Waals surface area contributed by atoms with Crippen LogP contribution in [0.1, 0.15) is 44.6 Å². The van der Waals surface area contributed by atoms with E-state index in [1.165, 1.54) is 0 Å². The zero-order valence-electron chi connectivity index (χ0n) is 12.4. The minimum absolute atomic E-state index is 0.00154. The molecule has 0 atom stereocenters. The van der Waals surface area contributed by atoms with Gasteiger partial charge in [0.15, 0.2) is 0 Å². The molecule has 0 aliphatic heterocycles. The molecule has 1 aromatic rings. The molecule has 0 aromatic heterocycles. The van der Waals surface area contributed by atoms with E-state index in [9.17, 15) is 4.79 Å². The van der Waals surface area contributed by atoms with Crippen molar-refractivity contribution in [3.8, 4) is 5.75 Å². The van der Waals surface area contributed by atoms with Crippen LogP contribution < -0.4 is 15.8 Å². The molecule has 0 spiro atoms. The standard InChI is InChI=1S/C16H24N2O2/c1-3-20-13-6-7-14(12(2)10-13)18-15(19)11-16(17)8-4-5-9-16/h6-7,10H,3-5,8-9,11,17H2,1-2H3,(H,18,19). The molecule has 2 rings (SSSR count). The molecular weight excluding hydrogens is 252 g/mol. The van der Waals surface area contributed by atoms with Gasteiger partial charge in [0.25, 0.3) is 0 Å². The normalized spacial score (nSPS) is 16.9. The molecule has 0 heterocycles. The molecule has 3 N–H and O–H groups in total. The van der Waals surface area contributed by atoms with Gasteiger partial charge < -0.3 is 15.8 Å². The minimum atomic E-state index is -0.302. The number of amides is 1. The molecule has 1 amide bonds. The molecule has 20 heavy (non-hydrogen) atoms. The van der Waals surface area contributed by atoms with E-state index in [2.05, 4.69) is 5.32 Å². The van der Waals surface area contributed by atoms with E-state index in [-0.39, 0.29) is 11.4 Å². The van der Waals surface area contributed by atoms with Crippen molar-refractivity contribution in [1.29, 1.82) is 0 Å². The van der Waals surface area contributed by atoms with E-state index in [0.29, 0.717) is 13.0 Å². The number of benzene rings is 1. The molecule has 4 heteroatoms. The first-order chi connectivity index (χ1) is 9.52. The first kappa shape index (κ1) is 14.9. The minimum Gasteiger partial charge on any atom is -0.494 e. The van der Waals surface area contributed by atoms with Crippen LogP contribution in [0.15, 0.2) is 18.2 Å². The predicted molar refractivity (Wildman–Crippen MR) is 81.0 cm³/mol. The number of hydrogen-bond donors (Lipinski definition) is 2. The summed E-state index contributed by atoms with van der Waals surface area (Å²) in [6.07, 6.45) is 4.56. The van der Waals surface area contributed by atoms with Crippen LogP contribution in [0.2, 0.25) is 0 Å². The molecule has 1 aromatic carbocycles. The monoisotopic (exact) mass is 276 g/mol. The maximum Gasteiger partial charge on any atom is 0.226 e. The van der Waals surface area contributed by atoms with E-state index >= 15 is 0 Å². The predicted octanol–water partition coefficient (Wildman–Crippen LogP) is 2.99. The fraction of sp³-hybridized carbons (Fsp3) is 0.562. The zero-order valence-corrected chi connectivity index (χ0v) is 12.4. The molecule has 0 bridgehead atoms. The Hall–Kier alpha value is -1.55. The number of nitrogens with one attached hydrogen (secondary N) is 1. The molecule has 1 aliphatic rings. The summed E-state index contributed by atoms with van der Waals surface area (Å²) in [6.45, 7) is 4.56. The number of anilines is 1. The largest absolute Gasteiger partial charge is 0.494 e. The van der Waals surface area contributed by atoms with Crippen molar-refractivity contribution in [2.75, 3.05) is 11.9 Å². The van der Waals surface area contributed by atoms with Gasteiger partial charge in [-0.3, -0.25) is 4.79 Å². The first-order valence-corrected chi connectivity index (χ1v) is 7.34. The highest BCUT2D eigenvalue weighted by atomic mass is 16.5. The maximum atomic E-state index is 12.1. The van der Waals surface area contributed by atoms with Crippen LogP contribution in [0, 0.1) is 6.92 Å². The highest BCUT2D eigenvalue weighted by molar-refractivity contribution is 5.92. The van der Waals surface area contributed by atoms with Crippen LogP contribution in [0.25, 0.3) is 0 Å². The summed E-state index contributed by atoms with van der Waals surface area (Å²) in [7, 11) is 0. The van der Waals surface area contributed by atoms with Crippen molar-refractivity contribution in [3.05, 3.63) is 23.8 Å². The average Bonchev–Trinajstić information content (AvgIpc) is 2.79. The summed E-state index contributed by atoms with van der Waals surface area (Å²) < 4.78 is 5.44. The van der Waals surface area contributed by atoms with Crippen molar-refractivity contribution >= 4 is 11.6 Å². The third-order valence-electron chi connectivity index (χ3n) is 3.89. The fourth-order valence-corrected chi connectivity index (χ4v) is 2.80. The Labute approximate surface area is 120 Å². The van der Waals surface area contributed by atoms with E-state index in [1.807, 2.05) is 32.0 Å². The summed E-state index contributed by atoms with van der Waals surface area (Å²) in [4.78, 5) is 12.1. The summed E-state index contributed by atoms with van der Waals surface area (Å²) >= 11 is 0. The number of nitrogens with two attached hydrogens (primary N) is 1. The van der Waals surface area contributed by atoms with Gasteiger partial charge in [0.2, 0.25) is 5.91 Å². The van der Waals surface area contributed by atoms with Crippen LogP contribution in [0.5, 0.6) is 5.75 Å². The van der Waals surface area contributed by atoms with E-state index in [4.69, 9.17) is 10.5 Å². The molecule has 1 saturated carbocycles. The van der Waals surface area contributed by atoms with Gasteiger partial charge in [0.05, 0.1) is 6.61 Å². The lowest BCUT2D eigenvalue weighted by atomic mass is 9.94. The van der Waals surface area contributed by atoms with Gasteiger partial charge in [-0.15, -0.1) is 0 Å². The SMILES string of the molecule is CCOc1ccc(NC(=O)CC2(N)CCCC2)c(C)c1. The van der Waals surface area contributed by atoms with Crippen LogP contribution in [0.3, 0.4) is 0 Å². The van der Waals surface area contributed by atoms with E-state index < -0.39 is 0 Å². The Balaban J connectivity index is 1.97. The Morgan fingerprint density at radius 3 is 2.70 bits per heavy atom. The van der Waals surface area contributed by atoms with Crippen molar-refractivity contribution < 1.29 is 9.53 Å². The number of ether oxygens (including phenoxy) is 1. The van der Waals surface area contributed by atoms with Gasteiger partial charge in [0.1, 0.15) is 5.75 Å². The zero-order chi connectivity index (χ0) is 14.6. The smallest absolute Gasteiger partial charge is 0.226 e. The molecule has 110 valence electrons. The Morgan fingerprint density at radius 2 is 2.10 bits per heavy atom. The molecule has 0 radical (unpaired) electrons. The summed E-state index contributed by atoms with van der Waals surface area (Å²) in [5, 5.41) is 2.96. The van der Waals surface area contributed by atoms with Crippen LogP contribution >= 0.6 is 0 Å². The van der Waals surface area contributed by atoms with Gasteiger partial charge >= 0.3 is 0 Å². The second-order valence-corrected chi connectivity index (χ2v) is 5.70. The van der Waals surface area contributed by atoms with Gasteiger partial charge in [0, 0.05) is 17.6 Å². The van der Waals surface area contributed by atoms with Crippen LogP contribution in [0.4, 0.5) is 5.69 Å². The quantitative estimate of drug-likeness (QED) is 0.869. The fourth-order valence-electron chi connectivity index (χ4n) is 2.80. The Bertz CT molecular complexity index is 479. The maximum absolute atomic E-state index is 12.1. The van der Waals surface area contributed by atoms with Gasteiger partial charge in [-0.25, -0.2) is 0 Å². The Kier molecular flexibility index (Phi) is 4.65. The molecule has 1 aliphatic carbocycles.